The molecule has 110 valence electrons. The van der Waals surface area contributed by atoms with Crippen LogP contribution in [0.2, 0.25) is 0 Å². The Balaban J connectivity index is 3.99. The number of carboxylic acid groups (broad SMARTS) is 1. The number of carbonyl (C=O) groups is 3. The van der Waals surface area contributed by atoms with E-state index in [1.165, 1.54) is 16.7 Å². The van der Waals surface area contributed by atoms with Gasteiger partial charge >= 0.3 is 12.0 Å². The summed E-state index contributed by atoms with van der Waals surface area (Å²) in [6.07, 6.45) is 2.41. The van der Waals surface area contributed by atoms with Crippen molar-refractivity contribution >= 4 is 29.7 Å². The van der Waals surface area contributed by atoms with Crippen molar-refractivity contribution < 1.29 is 19.5 Å². The number of hydrogen-bond acceptors (Lipinski definition) is 4. The van der Waals surface area contributed by atoms with Gasteiger partial charge in [-0.3, -0.25) is 4.79 Å². The molecule has 0 aromatic rings. The van der Waals surface area contributed by atoms with Crippen LogP contribution in [-0.2, 0) is 9.59 Å². The third-order valence-corrected chi connectivity index (χ3v) is 2.98. The topological polar surface area (TPSA) is 98.7 Å². The van der Waals surface area contributed by atoms with E-state index in [-0.39, 0.29) is 18.9 Å². The van der Waals surface area contributed by atoms with Gasteiger partial charge in [-0.05, 0) is 18.4 Å². The largest absolute Gasteiger partial charge is 0.480 e. The van der Waals surface area contributed by atoms with Crippen LogP contribution in [-0.4, -0.2) is 66.6 Å². The number of urea groups is 1. The molecular weight excluding hydrogens is 270 g/mol. The Morgan fingerprint density at radius 2 is 1.95 bits per heavy atom. The lowest BCUT2D eigenvalue weighted by molar-refractivity contribution is -0.139. The minimum Gasteiger partial charge on any atom is -0.480 e. The molecule has 0 aromatic carbocycles. The number of nitrogens with one attached hydrogen (secondary N) is 2. The Bertz CT molecular complexity index is 323. The molecule has 0 aliphatic heterocycles. The van der Waals surface area contributed by atoms with Crippen LogP contribution in [0.4, 0.5) is 4.79 Å². The van der Waals surface area contributed by atoms with Crippen molar-refractivity contribution in [3.8, 4) is 0 Å². The molecule has 19 heavy (non-hydrogen) atoms. The lowest BCUT2D eigenvalue weighted by Gasteiger charge is -2.15. The Hall–Kier alpha value is -1.44. The van der Waals surface area contributed by atoms with Gasteiger partial charge in [-0.15, -0.1) is 0 Å². The predicted molar refractivity (Wildman–Crippen MR) is 74.3 cm³/mol. The first-order valence-electron chi connectivity index (χ1n) is 5.84. The lowest BCUT2D eigenvalue weighted by atomic mass is 10.2. The summed E-state index contributed by atoms with van der Waals surface area (Å²) in [4.78, 5) is 35.0. The average molecular weight is 291 g/mol. The van der Waals surface area contributed by atoms with Crippen molar-refractivity contribution in [3.05, 3.63) is 0 Å². The van der Waals surface area contributed by atoms with Crippen LogP contribution in [0.1, 0.15) is 12.8 Å². The quantitative estimate of drug-likeness (QED) is 0.583. The summed E-state index contributed by atoms with van der Waals surface area (Å²) in [6.45, 7) is 0.178. The van der Waals surface area contributed by atoms with Crippen LogP contribution in [0.25, 0.3) is 0 Å². The molecule has 0 saturated heterocycles. The molecule has 0 spiro atoms. The van der Waals surface area contributed by atoms with Gasteiger partial charge < -0.3 is 20.6 Å². The van der Waals surface area contributed by atoms with Crippen LogP contribution in [0.3, 0.4) is 0 Å². The summed E-state index contributed by atoms with van der Waals surface area (Å²) in [5.74, 6) is -0.512. The summed E-state index contributed by atoms with van der Waals surface area (Å²) < 4.78 is 0. The highest BCUT2D eigenvalue weighted by Crippen LogP contribution is 2.00. The molecule has 0 heterocycles. The zero-order chi connectivity index (χ0) is 14.8. The zero-order valence-corrected chi connectivity index (χ0v) is 12.2. The molecule has 0 rings (SSSR count). The number of aliphatic carboxylic acids is 1. The molecule has 0 unspecified atom stereocenters. The van der Waals surface area contributed by atoms with Crippen LogP contribution in [0.15, 0.2) is 0 Å². The Labute approximate surface area is 117 Å². The number of carboxylic acids is 1. The summed E-state index contributed by atoms with van der Waals surface area (Å²) >= 11 is 1.51. The fraction of sp³-hybridized carbons (Fsp3) is 0.727. The highest BCUT2D eigenvalue weighted by Gasteiger charge is 2.19. The Morgan fingerprint density at radius 3 is 2.42 bits per heavy atom. The molecule has 7 nitrogen and oxygen atoms in total. The van der Waals surface area contributed by atoms with Crippen molar-refractivity contribution in [1.82, 2.24) is 15.5 Å². The van der Waals surface area contributed by atoms with Gasteiger partial charge in [0.05, 0.1) is 0 Å². The van der Waals surface area contributed by atoms with E-state index in [1.54, 1.807) is 14.1 Å². The standard InChI is InChI=1S/C11H21N3O4S/c1-14(2)9(15)4-6-12-11(18)13-8(10(16)17)5-7-19-3/h8H,4-7H2,1-3H3,(H,16,17)(H2,12,13,18)/t8-/m1/s1. The van der Waals surface area contributed by atoms with Gasteiger partial charge in [0.25, 0.3) is 0 Å². The minimum absolute atomic E-state index is 0.0996. The van der Waals surface area contributed by atoms with Crippen LogP contribution in [0, 0.1) is 0 Å². The number of rotatable bonds is 8. The molecule has 3 amide bonds. The smallest absolute Gasteiger partial charge is 0.326 e. The molecule has 0 fully saturated rings. The van der Waals surface area contributed by atoms with Crippen molar-refractivity contribution in [3.63, 3.8) is 0 Å². The van der Waals surface area contributed by atoms with E-state index in [9.17, 15) is 14.4 Å². The van der Waals surface area contributed by atoms with Gasteiger partial charge in [0, 0.05) is 27.1 Å². The molecule has 0 bridgehead atoms. The average Bonchev–Trinajstić information content (AvgIpc) is 2.33. The maximum atomic E-state index is 11.5. The summed E-state index contributed by atoms with van der Waals surface area (Å²) in [5.41, 5.74) is 0. The normalized spacial score (nSPS) is 11.5. The summed E-state index contributed by atoms with van der Waals surface area (Å²) in [7, 11) is 3.26. The molecular formula is C11H21N3O4S. The lowest BCUT2D eigenvalue weighted by Crippen LogP contribution is -2.46. The fourth-order valence-corrected chi connectivity index (χ4v) is 1.68. The second kappa shape index (κ2) is 9.48. The first kappa shape index (κ1) is 17.6. The Morgan fingerprint density at radius 1 is 1.32 bits per heavy atom. The van der Waals surface area contributed by atoms with E-state index in [4.69, 9.17) is 5.11 Å². The molecule has 1 atom stereocenters. The molecule has 3 N–H and O–H groups in total. The minimum atomic E-state index is -1.06. The van der Waals surface area contributed by atoms with E-state index < -0.39 is 18.0 Å². The first-order chi connectivity index (χ1) is 8.88. The molecule has 0 aromatic heterocycles. The van der Waals surface area contributed by atoms with Crippen molar-refractivity contribution in [2.45, 2.75) is 18.9 Å². The van der Waals surface area contributed by atoms with Gasteiger partial charge in [-0.1, -0.05) is 0 Å². The molecule has 0 saturated carbocycles. The first-order valence-corrected chi connectivity index (χ1v) is 7.24. The molecule has 0 radical (unpaired) electrons. The summed E-state index contributed by atoms with van der Waals surface area (Å²) in [6, 6.07) is -1.47. The van der Waals surface area contributed by atoms with E-state index in [0.717, 1.165) is 0 Å². The molecule has 0 aliphatic rings. The van der Waals surface area contributed by atoms with E-state index >= 15 is 0 Å². The highest BCUT2D eigenvalue weighted by atomic mass is 32.2. The van der Waals surface area contributed by atoms with Crippen LogP contribution >= 0.6 is 11.8 Å². The third-order valence-electron chi connectivity index (χ3n) is 2.34. The van der Waals surface area contributed by atoms with E-state index in [2.05, 4.69) is 10.6 Å². The second-order valence-corrected chi connectivity index (χ2v) is 5.10. The zero-order valence-electron chi connectivity index (χ0n) is 11.4. The monoisotopic (exact) mass is 291 g/mol. The second-order valence-electron chi connectivity index (χ2n) is 4.11. The molecule has 8 heteroatoms. The van der Waals surface area contributed by atoms with Crippen molar-refractivity contribution in [1.29, 1.82) is 0 Å². The van der Waals surface area contributed by atoms with Crippen LogP contribution in [0.5, 0.6) is 0 Å². The summed E-state index contributed by atoms with van der Waals surface area (Å²) in [5, 5.41) is 13.8. The number of amides is 3. The van der Waals surface area contributed by atoms with Gasteiger partial charge in [-0.2, -0.15) is 11.8 Å². The van der Waals surface area contributed by atoms with Crippen molar-refractivity contribution in [2.75, 3.05) is 32.6 Å². The highest BCUT2D eigenvalue weighted by molar-refractivity contribution is 7.98. The molecule has 0 aliphatic carbocycles. The maximum absolute atomic E-state index is 11.5. The van der Waals surface area contributed by atoms with E-state index in [0.29, 0.717) is 12.2 Å². The SMILES string of the molecule is CSCC[C@@H](NC(=O)NCCC(=O)N(C)C)C(=O)O. The van der Waals surface area contributed by atoms with E-state index in [1.807, 2.05) is 6.26 Å². The Kier molecular flexibility index (Phi) is 8.77. The van der Waals surface area contributed by atoms with Gasteiger partial charge in [-0.25, -0.2) is 9.59 Å². The fourth-order valence-electron chi connectivity index (χ4n) is 1.21. The van der Waals surface area contributed by atoms with Crippen LogP contribution < -0.4 is 10.6 Å². The maximum Gasteiger partial charge on any atom is 0.326 e. The predicted octanol–water partition coefficient (Wildman–Crippen LogP) is -0.0298. The third kappa shape index (κ3) is 8.30. The van der Waals surface area contributed by atoms with Gasteiger partial charge in [0.1, 0.15) is 6.04 Å². The number of nitrogens with zero attached hydrogens (tertiary/aromatic N) is 1. The van der Waals surface area contributed by atoms with Gasteiger partial charge in [0.2, 0.25) is 5.91 Å². The number of hydrogen-bond donors (Lipinski definition) is 3. The number of carbonyl (C=O) groups excluding carboxylic acids is 2. The van der Waals surface area contributed by atoms with Crippen molar-refractivity contribution in [2.24, 2.45) is 0 Å². The van der Waals surface area contributed by atoms with Gasteiger partial charge in [0.15, 0.2) is 0 Å². The number of thioether (sulfide) groups is 1.